The van der Waals surface area contributed by atoms with Gasteiger partial charge in [0.05, 0.1) is 6.04 Å². The van der Waals surface area contributed by atoms with Gasteiger partial charge in [-0.2, -0.15) is 0 Å². The van der Waals surface area contributed by atoms with Gasteiger partial charge in [0.1, 0.15) is 0 Å². The van der Waals surface area contributed by atoms with Gasteiger partial charge in [-0.3, -0.25) is 4.57 Å². The number of anilines is 1. The van der Waals surface area contributed by atoms with E-state index in [4.69, 9.17) is 5.73 Å². The minimum atomic E-state index is -0.0511. The first kappa shape index (κ1) is 12.0. The molecule has 0 aromatic carbocycles. The van der Waals surface area contributed by atoms with Gasteiger partial charge in [-0.05, 0) is 19.8 Å². The summed E-state index contributed by atoms with van der Waals surface area (Å²) in [5.41, 5.74) is 6.07. The number of nitrogens with two attached hydrogens (primary N) is 1. The maximum Gasteiger partial charge on any atom is 0.224 e. The molecule has 0 bridgehead atoms. The minimum absolute atomic E-state index is 0.0511. The minimum Gasteiger partial charge on any atom is -0.355 e. The summed E-state index contributed by atoms with van der Waals surface area (Å²) < 4.78 is 2.04. The van der Waals surface area contributed by atoms with Crippen LogP contribution in [0.3, 0.4) is 0 Å². The predicted molar refractivity (Wildman–Crippen MR) is 61.6 cm³/mol. The van der Waals surface area contributed by atoms with E-state index in [9.17, 15) is 0 Å². The average Bonchev–Trinajstić information content (AvgIpc) is 2.60. The monoisotopic (exact) mass is 211 g/mol. The number of nitrogens with one attached hydrogen (secondary N) is 1. The first-order valence-electron chi connectivity index (χ1n) is 5.54. The van der Waals surface area contributed by atoms with Crippen LogP contribution >= 0.6 is 0 Å². The van der Waals surface area contributed by atoms with Gasteiger partial charge >= 0.3 is 0 Å². The van der Waals surface area contributed by atoms with E-state index in [2.05, 4.69) is 36.3 Å². The van der Waals surface area contributed by atoms with Crippen LogP contribution in [0, 0.1) is 5.92 Å². The Hall–Kier alpha value is -1.10. The van der Waals surface area contributed by atoms with Crippen LogP contribution in [0.1, 0.15) is 39.6 Å². The Labute approximate surface area is 91.1 Å². The number of hydrogen-bond donors (Lipinski definition) is 2. The molecule has 0 spiro atoms. The molecule has 15 heavy (non-hydrogen) atoms. The van der Waals surface area contributed by atoms with Gasteiger partial charge in [0, 0.05) is 13.1 Å². The number of aromatic nitrogens is 3. The summed E-state index contributed by atoms with van der Waals surface area (Å²) in [6.07, 6.45) is 0. The summed E-state index contributed by atoms with van der Waals surface area (Å²) in [5, 5.41) is 11.4. The molecule has 0 radical (unpaired) electrons. The molecule has 0 unspecified atom stereocenters. The van der Waals surface area contributed by atoms with E-state index in [1.54, 1.807) is 0 Å². The Morgan fingerprint density at radius 1 is 1.33 bits per heavy atom. The van der Waals surface area contributed by atoms with Crippen molar-refractivity contribution in [2.75, 3.05) is 11.9 Å². The van der Waals surface area contributed by atoms with Crippen LogP contribution in [0.25, 0.3) is 0 Å². The lowest BCUT2D eigenvalue weighted by molar-refractivity contribution is 0.469. The average molecular weight is 211 g/mol. The summed E-state index contributed by atoms with van der Waals surface area (Å²) in [6, 6.07) is -0.0511. The molecule has 5 nitrogen and oxygen atoms in total. The van der Waals surface area contributed by atoms with E-state index in [1.807, 2.05) is 11.5 Å². The van der Waals surface area contributed by atoms with E-state index in [0.717, 1.165) is 24.9 Å². The zero-order valence-corrected chi connectivity index (χ0v) is 9.99. The van der Waals surface area contributed by atoms with Crippen molar-refractivity contribution < 1.29 is 0 Å². The quantitative estimate of drug-likeness (QED) is 0.772. The molecule has 1 heterocycles. The first-order valence-corrected chi connectivity index (χ1v) is 5.54. The van der Waals surface area contributed by atoms with E-state index in [1.165, 1.54) is 0 Å². The lowest BCUT2D eigenvalue weighted by Crippen LogP contribution is -2.22. The van der Waals surface area contributed by atoms with Gasteiger partial charge in [-0.25, -0.2) is 0 Å². The van der Waals surface area contributed by atoms with Crippen molar-refractivity contribution >= 4 is 5.95 Å². The van der Waals surface area contributed by atoms with Gasteiger partial charge < -0.3 is 11.1 Å². The summed E-state index contributed by atoms with van der Waals surface area (Å²) in [7, 11) is 0. The highest BCUT2D eigenvalue weighted by atomic mass is 15.4. The molecule has 0 aliphatic heterocycles. The number of hydrogen-bond acceptors (Lipinski definition) is 4. The fourth-order valence-corrected chi connectivity index (χ4v) is 1.46. The van der Waals surface area contributed by atoms with E-state index >= 15 is 0 Å². The summed E-state index contributed by atoms with van der Waals surface area (Å²) in [4.78, 5) is 0. The molecule has 3 N–H and O–H groups in total. The molecule has 0 saturated heterocycles. The van der Waals surface area contributed by atoms with Crippen molar-refractivity contribution in [3.05, 3.63) is 5.82 Å². The van der Waals surface area contributed by atoms with E-state index < -0.39 is 0 Å². The van der Waals surface area contributed by atoms with Crippen LogP contribution in [0.2, 0.25) is 0 Å². The molecular formula is C10H21N5. The SMILES string of the molecule is CCNc1nnc([C@H](N)C(C)C)n1CC. The van der Waals surface area contributed by atoms with Gasteiger partial charge in [0.2, 0.25) is 5.95 Å². The van der Waals surface area contributed by atoms with Gasteiger partial charge in [0.25, 0.3) is 0 Å². The molecule has 86 valence electrons. The van der Waals surface area contributed by atoms with Crippen molar-refractivity contribution in [2.45, 2.75) is 40.3 Å². The maximum absolute atomic E-state index is 6.07. The molecule has 1 aromatic rings. The van der Waals surface area contributed by atoms with Crippen LogP contribution in [-0.4, -0.2) is 21.3 Å². The summed E-state index contributed by atoms with van der Waals surface area (Å²) >= 11 is 0. The van der Waals surface area contributed by atoms with Crippen LogP contribution in [0.4, 0.5) is 5.95 Å². The molecule has 0 fully saturated rings. The van der Waals surface area contributed by atoms with Crippen LogP contribution < -0.4 is 11.1 Å². The largest absolute Gasteiger partial charge is 0.355 e. The molecule has 1 aromatic heterocycles. The highest BCUT2D eigenvalue weighted by Gasteiger charge is 2.19. The zero-order chi connectivity index (χ0) is 11.4. The Balaban J connectivity index is 2.98. The van der Waals surface area contributed by atoms with E-state index in [-0.39, 0.29) is 6.04 Å². The third-order valence-electron chi connectivity index (χ3n) is 2.45. The lowest BCUT2D eigenvalue weighted by Gasteiger charge is -2.16. The van der Waals surface area contributed by atoms with Crippen molar-refractivity contribution in [1.82, 2.24) is 14.8 Å². The van der Waals surface area contributed by atoms with Gasteiger partial charge in [-0.15, -0.1) is 10.2 Å². The second kappa shape index (κ2) is 5.11. The second-order valence-electron chi connectivity index (χ2n) is 3.93. The van der Waals surface area contributed by atoms with E-state index in [0.29, 0.717) is 5.92 Å². The summed E-state index contributed by atoms with van der Waals surface area (Å²) in [5.74, 6) is 2.04. The Bertz CT molecular complexity index is 305. The molecule has 5 heteroatoms. The van der Waals surface area contributed by atoms with Crippen LogP contribution in [-0.2, 0) is 6.54 Å². The second-order valence-corrected chi connectivity index (χ2v) is 3.93. The molecule has 1 rings (SSSR count). The lowest BCUT2D eigenvalue weighted by atomic mass is 10.1. The Morgan fingerprint density at radius 3 is 2.47 bits per heavy atom. The highest BCUT2D eigenvalue weighted by molar-refractivity contribution is 5.26. The third-order valence-corrected chi connectivity index (χ3v) is 2.45. The normalized spacial score (nSPS) is 13.2. The fourth-order valence-electron chi connectivity index (χ4n) is 1.46. The molecule has 0 aliphatic carbocycles. The molecule has 0 saturated carbocycles. The van der Waals surface area contributed by atoms with Crippen molar-refractivity contribution in [2.24, 2.45) is 11.7 Å². The molecular weight excluding hydrogens is 190 g/mol. The molecule has 1 atom stereocenters. The van der Waals surface area contributed by atoms with Crippen molar-refractivity contribution in [3.8, 4) is 0 Å². The van der Waals surface area contributed by atoms with Crippen molar-refractivity contribution in [1.29, 1.82) is 0 Å². The topological polar surface area (TPSA) is 68.8 Å². The summed E-state index contributed by atoms with van der Waals surface area (Å²) in [6.45, 7) is 9.97. The predicted octanol–water partition coefficient (Wildman–Crippen LogP) is 1.39. The fraction of sp³-hybridized carbons (Fsp3) is 0.800. The standard InChI is InChI=1S/C10H21N5/c1-5-12-10-14-13-9(15(10)6-2)8(11)7(3)4/h7-8H,5-6,11H2,1-4H3,(H,12,14)/t8-/m1/s1. The Kier molecular flexibility index (Phi) is 4.08. The zero-order valence-electron chi connectivity index (χ0n) is 9.99. The third kappa shape index (κ3) is 2.47. The number of rotatable bonds is 5. The maximum atomic E-state index is 6.07. The highest BCUT2D eigenvalue weighted by Crippen LogP contribution is 2.19. The molecule has 0 aliphatic rings. The van der Waals surface area contributed by atoms with Crippen molar-refractivity contribution in [3.63, 3.8) is 0 Å². The Morgan fingerprint density at radius 2 is 2.00 bits per heavy atom. The number of nitrogens with zero attached hydrogens (tertiary/aromatic N) is 3. The smallest absolute Gasteiger partial charge is 0.224 e. The van der Waals surface area contributed by atoms with Crippen LogP contribution in [0.5, 0.6) is 0 Å². The molecule has 0 amide bonds. The first-order chi connectivity index (χ1) is 7.11. The van der Waals surface area contributed by atoms with Gasteiger partial charge in [0.15, 0.2) is 5.82 Å². The van der Waals surface area contributed by atoms with Gasteiger partial charge in [-0.1, -0.05) is 13.8 Å². The van der Waals surface area contributed by atoms with Crippen LogP contribution in [0.15, 0.2) is 0 Å².